The number of halogens is 1. The highest BCUT2D eigenvalue weighted by molar-refractivity contribution is 7.12. The number of amides is 1. The summed E-state index contributed by atoms with van der Waals surface area (Å²) in [6.07, 6.45) is 1.63. The summed E-state index contributed by atoms with van der Waals surface area (Å²) in [5.74, 6) is 0.595. The van der Waals surface area contributed by atoms with Crippen LogP contribution in [0.3, 0.4) is 0 Å². The summed E-state index contributed by atoms with van der Waals surface area (Å²) in [5.41, 5.74) is 1.66. The van der Waals surface area contributed by atoms with Crippen LogP contribution in [0, 0.1) is 0 Å². The Balaban J connectivity index is 1.59. The average molecular weight is 344 g/mol. The average Bonchev–Trinajstić information content (AvgIpc) is 3.10. The number of anilines is 2. The lowest BCUT2D eigenvalue weighted by molar-refractivity contribution is 0.103. The van der Waals surface area contributed by atoms with Crippen molar-refractivity contribution >= 4 is 40.4 Å². The molecule has 0 unspecified atom stereocenters. The molecule has 4 nitrogen and oxygen atoms in total. The standard InChI is InChI=1S/C17H14ClN3OS/c18-14-5-2-1-4-12(14)10-19-16-8-7-13(11-20-16)21-17(22)15-6-3-9-23-15/h1-9,11H,10H2,(H,19,20)(H,21,22). The Bertz CT molecular complexity index is 788. The molecule has 0 radical (unpaired) electrons. The second-order valence-electron chi connectivity index (χ2n) is 4.81. The number of aromatic nitrogens is 1. The second-order valence-corrected chi connectivity index (χ2v) is 6.16. The third-order valence-electron chi connectivity index (χ3n) is 3.18. The molecule has 2 aromatic heterocycles. The van der Waals surface area contributed by atoms with Crippen LogP contribution in [-0.2, 0) is 6.54 Å². The third-order valence-corrected chi connectivity index (χ3v) is 4.42. The van der Waals surface area contributed by atoms with E-state index in [9.17, 15) is 4.79 Å². The zero-order chi connectivity index (χ0) is 16.1. The van der Waals surface area contributed by atoms with Crippen LogP contribution in [-0.4, -0.2) is 10.9 Å². The molecule has 0 aliphatic carbocycles. The zero-order valence-electron chi connectivity index (χ0n) is 12.1. The minimum atomic E-state index is -0.126. The zero-order valence-corrected chi connectivity index (χ0v) is 13.7. The Hall–Kier alpha value is -2.37. The lowest BCUT2D eigenvalue weighted by Crippen LogP contribution is -2.10. The highest BCUT2D eigenvalue weighted by Gasteiger charge is 2.07. The molecular weight excluding hydrogens is 330 g/mol. The van der Waals surface area contributed by atoms with E-state index in [-0.39, 0.29) is 5.91 Å². The van der Waals surface area contributed by atoms with Gasteiger partial charge in [0.25, 0.3) is 5.91 Å². The molecule has 1 amide bonds. The summed E-state index contributed by atoms with van der Waals surface area (Å²) in [6, 6.07) is 14.9. The van der Waals surface area contributed by atoms with Gasteiger partial charge >= 0.3 is 0 Å². The van der Waals surface area contributed by atoms with Crippen LogP contribution in [0.1, 0.15) is 15.2 Å². The number of hydrogen-bond acceptors (Lipinski definition) is 4. The molecule has 0 bridgehead atoms. The minimum absolute atomic E-state index is 0.126. The molecule has 2 N–H and O–H groups in total. The van der Waals surface area contributed by atoms with E-state index < -0.39 is 0 Å². The van der Waals surface area contributed by atoms with E-state index in [2.05, 4.69) is 15.6 Å². The summed E-state index contributed by atoms with van der Waals surface area (Å²) in [7, 11) is 0. The maximum atomic E-state index is 11.9. The van der Waals surface area contributed by atoms with E-state index in [0.29, 0.717) is 17.1 Å². The molecule has 0 saturated carbocycles. The lowest BCUT2D eigenvalue weighted by Gasteiger charge is -2.08. The van der Waals surface area contributed by atoms with Gasteiger partial charge in [0.05, 0.1) is 16.8 Å². The summed E-state index contributed by atoms with van der Waals surface area (Å²) in [6.45, 7) is 0.591. The molecular formula is C17H14ClN3OS. The third kappa shape index (κ3) is 4.09. The van der Waals surface area contributed by atoms with Crippen LogP contribution < -0.4 is 10.6 Å². The van der Waals surface area contributed by atoms with Crippen molar-refractivity contribution in [3.05, 3.63) is 75.6 Å². The number of carbonyl (C=O) groups excluding carboxylic acids is 1. The number of nitrogens with one attached hydrogen (secondary N) is 2. The van der Waals surface area contributed by atoms with Gasteiger partial charge in [-0.25, -0.2) is 4.98 Å². The predicted molar refractivity (Wildman–Crippen MR) is 95.3 cm³/mol. The first-order valence-corrected chi connectivity index (χ1v) is 8.26. The number of benzene rings is 1. The maximum absolute atomic E-state index is 11.9. The molecule has 0 aliphatic heterocycles. The lowest BCUT2D eigenvalue weighted by atomic mass is 10.2. The fourth-order valence-corrected chi connectivity index (χ4v) is 2.82. The van der Waals surface area contributed by atoms with Crippen molar-refractivity contribution in [3.63, 3.8) is 0 Å². The Morgan fingerprint density at radius 2 is 2.00 bits per heavy atom. The summed E-state index contributed by atoms with van der Waals surface area (Å²) < 4.78 is 0. The fourth-order valence-electron chi connectivity index (χ4n) is 2.00. The highest BCUT2D eigenvalue weighted by atomic mass is 35.5. The van der Waals surface area contributed by atoms with Crippen molar-refractivity contribution in [2.24, 2.45) is 0 Å². The van der Waals surface area contributed by atoms with Crippen molar-refractivity contribution in [1.29, 1.82) is 0 Å². The summed E-state index contributed by atoms with van der Waals surface area (Å²) >= 11 is 7.52. The molecule has 6 heteroatoms. The summed E-state index contributed by atoms with van der Waals surface area (Å²) in [4.78, 5) is 16.9. The molecule has 2 heterocycles. The van der Waals surface area contributed by atoms with E-state index in [1.54, 1.807) is 12.3 Å². The summed E-state index contributed by atoms with van der Waals surface area (Å²) in [5, 5.41) is 8.61. The Kier molecular flexibility index (Phi) is 4.90. The van der Waals surface area contributed by atoms with Crippen LogP contribution in [0.15, 0.2) is 60.1 Å². The van der Waals surface area contributed by atoms with Gasteiger partial charge in [-0.15, -0.1) is 11.3 Å². The van der Waals surface area contributed by atoms with Gasteiger partial charge in [-0.05, 0) is 35.2 Å². The molecule has 1 aromatic carbocycles. The number of pyridine rings is 1. The van der Waals surface area contributed by atoms with Gasteiger partial charge in [0.15, 0.2) is 0 Å². The first kappa shape index (κ1) is 15.5. The van der Waals surface area contributed by atoms with Crippen molar-refractivity contribution in [2.75, 3.05) is 10.6 Å². The first-order valence-electron chi connectivity index (χ1n) is 7.00. The van der Waals surface area contributed by atoms with Crippen LogP contribution in [0.5, 0.6) is 0 Å². The second kappa shape index (κ2) is 7.26. The monoisotopic (exact) mass is 343 g/mol. The van der Waals surface area contributed by atoms with Crippen LogP contribution in [0.2, 0.25) is 5.02 Å². The molecule has 3 aromatic rings. The van der Waals surface area contributed by atoms with E-state index in [1.165, 1.54) is 11.3 Å². The predicted octanol–water partition coefficient (Wildman–Crippen LogP) is 4.66. The minimum Gasteiger partial charge on any atom is -0.366 e. The van der Waals surface area contributed by atoms with E-state index in [4.69, 9.17) is 11.6 Å². The smallest absolute Gasteiger partial charge is 0.265 e. The van der Waals surface area contributed by atoms with Gasteiger partial charge in [-0.3, -0.25) is 4.79 Å². The topological polar surface area (TPSA) is 54.0 Å². The maximum Gasteiger partial charge on any atom is 0.265 e. The van der Waals surface area contributed by atoms with Crippen LogP contribution in [0.25, 0.3) is 0 Å². The molecule has 0 spiro atoms. The number of thiophene rings is 1. The van der Waals surface area contributed by atoms with E-state index >= 15 is 0 Å². The molecule has 0 atom stereocenters. The van der Waals surface area contributed by atoms with Crippen molar-refractivity contribution < 1.29 is 4.79 Å². The number of rotatable bonds is 5. The van der Waals surface area contributed by atoms with Gasteiger partial charge in [-0.2, -0.15) is 0 Å². The molecule has 116 valence electrons. The quantitative estimate of drug-likeness (QED) is 0.708. The van der Waals surface area contributed by atoms with Gasteiger partial charge in [0.2, 0.25) is 0 Å². The van der Waals surface area contributed by atoms with Gasteiger partial charge in [0.1, 0.15) is 5.82 Å². The van der Waals surface area contributed by atoms with Crippen molar-refractivity contribution in [3.8, 4) is 0 Å². The first-order chi connectivity index (χ1) is 11.2. The SMILES string of the molecule is O=C(Nc1ccc(NCc2ccccc2Cl)nc1)c1cccs1. The fraction of sp³-hybridized carbons (Fsp3) is 0.0588. The number of carbonyl (C=O) groups is 1. The normalized spacial score (nSPS) is 10.3. The molecule has 0 fully saturated rings. The Morgan fingerprint density at radius 3 is 2.70 bits per heavy atom. The van der Waals surface area contributed by atoms with Gasteiger partial charge < -0.3 is 10.6 Å². The van der Waals surface area contributed by atoms with Gasteiger partial charge in [0, 0.05) is 11.6 Å². The van der Waals surface area contributed by atoms with E-state index in [1.807, 2.05) is 47.8 Å². The van der Waals surface area contributed by atoms with Gasteiger partial charge in [-0.1, -0.05) is 35.9 Å². The molecule has 3 rings (SSSR count). The number of hydrogen-bond donors (Lipinski definition) is 2. The van der Waals surface area contributed by atoms with Crippen molar-refractivity contribution in [1.82, 2.24) is 4.98 Å². The van der Waals surface area contributed by atoms with Crippen LogP contribution >= 0.6 is 22.9 Å². The molecule has 23 heavy (non-hydrogen) atoms. The number of nitrogens with zero attached hydrogens (tertiary/aromatic N) is 1. The highest BCUT2D eigenvalue weighted by Crippen LogP contribution is 2.17. The largest absolute Gasteiger partial charge is 0.366 e. The Morgan fingerprint density at radius 1 is 1.13 bits per heavy atom. The van der Waals surface area contributed by atoms with Crippen LogP contribution in [0.4, 0.5) is 11.5 Å². The molecule has 0 saturated heterocycles. The molecule has 0 aliphatic rings. The Labute approximate surface area is 143 Å². The van der Waals surface area contributed by atoms with E-state index in [0.717, 1.165) is 16.4 Å². The van der Waals surface area contributed by atoms with Crippen molar-refractivity contribution in [2.45, 2.75) is 6.54 Å².